The van der Waals surface area contributed by atoms with Crippen molar-refractivity contribution >= 4 is 69.9 Å². The summed E-state index contributed by atoms with van der Waals surface area (Å²) in [6, 6.07) is 11.2. The van der Waals surface area contributed by atoms with Crippen LogP contribution in [0.25, 0.3) is 22.1 Å². The Morgan fingerprint density at radius 3 is 1.77 bits per heavy atom. The average molecular weight is 815 g/mol. The molecule has 2 unspecified atom stereocenters. The Hall–Kier alpha value is -2.16. The molecule has 6 aromatic rings. The van der Waals surface area contributed by atoms with E-state index in [1.807, 2.05) is 24.4 Å². The number of H-pyrrole nitrogens is 1. The molecule has 6 rings (SSSR count). The van der Waals surface area contributed by atoms with Crippen LogP contribution in [-0.4, -0.2) is 19.5 Å². The average Bonchev–Trinajstić information content (AvgIpc) is 3.54. The van der Waals surface area contributed by atoms with Crippen LogP contribution in [0.1, 0.15) is 37.3 Å². The van der Waals surface area contributed by atoms with Gasteiger partial charge in [-0.15, -0.1) is 0 Å². The summed E-state index contributed by atoms with van der Waals surface area (Å²) in [7, 11) is 0. The molecule has 44 heavy (non-hydrogen) atoms. The molecule has 2 atom stereocenters. The number of benzene rings is 2. The van der Waals surface area contributed by atoms with Crippen LogP contribution in [0.15, 0.2) is 82.3 Å². The fourth-order valence-corrected chi connectivity index (χ4v) is 5.27. The quantitative estimate of drug-likeness (QED) is 0.0858. The van der Waals surface area contributed by atoms with E-state index in [-0.39, 0.29) is 35.8 Å². The van der Waals surface area contributed by atoms with E-state index >= 15 is 0 Å². The maximum atomic E-state index is 13.4. The van der Waals surface area contributed by atoms with E-state index in [9.17, 15) is 26.3 Å². The van der Waals surface area contributed by atoms with E-state index in [0.29, 0.717) is 16.8 Å². The summed E-state index contributed by atoms with van der Waals surface area (Å²) >= 11 is 9.95. The summed E-state index contributed by atoms with van der Waals surface area (Å²) in [5.74, 6) is -7.58. The first-order valence-electron chi connectivity index (χ1n) is 12.5. The summed E-state index contributed by atoms with van der Waals surface area (Å²) in [4.78, 5) is 11.2. The number of fused-ring (bicyclic) bond motifs is 2. The molecular weight excluding hydrogens is 793 g/mol. The van der Waals surface area contributed by atoms with Crippen molar-refractivity contribution in [3.8, 4) is 0 Å². The van der Waals surface area contributed by atoms with E-state index in [2.05, 4.69) is 62.7 Å². The van der Waals surface area contributed by atoms with Gasteiger partial charge in [0, 0.05) is 49.3 Å². The zero-order valence-corrected chi connectivity index (χ0v) is 30.1. The van der Waals surface area contributed by atoms with Gasteiger partial charge in [0.1, 0.15) is 11.3 Å². The van der Waals surface area contributed by atoms with Crippen LogP contribution < -0.4 is 29.6 Å². The Kier molecular flexibility index (Phi) is 13.1. The number of rotatable bonds is 3. The van der Waals surface area contributed by atoms with Gasteiger partial charge < -0.3 is 11.0 Å². The van der Waals surface area contributed by atoms with Crippen molar-refractivity contribution in [1.82, 2.24) is 19.5 Å². The molecule has 0 aliphatic heterocycles. The maximum absolute atomic E-state index is 13.4. The summed E-state index contributed by atoms with van der Waals surface area (Å²) in [6.07, 6.45) is 7.09. The van der Waals surface area contributed by atoms with Gasteiger partial charge in [0.05, 0.1) is 6.04 Å². The van der Waals surface area contributed by atoms with Crippen LogP contribution in [-0.2, 0) is 0 Å². The van der Waals surface area contributed by atoms with Crippen molar-refractivity contribution in [2.75, 3.05) is 0 Å². The van der Waals surface area contributed by atoms with Crippen LogP contribution in [0.3, 0.4) is 0 Å². The third-order valence-corrected chi connectivity index (χ3v) is 8.13. The predicted molar refractivity (Wildman–Crippen MR) is 166 cm³/mol. The number of aromatic nitrogens is 4. The number of aromatic amines is 1. The van der Waals surface area contributed by atoms with Crippen LogP contribution in [0, 0.1) is 34.9 Å². The second kappa shape index (κ2) is 15.9. The van der Waals surface area contributed by atoms with Gasteiger partial charge in [0.2, 0.25) is 0 Å². The minimum absolute atomic E-state index is 0. The number of hydrogen-bond donors (Lipinski definition) is 1. The van der Waals surface area contributed by atoms with Crippen LogP contribution in [0.4, 0.5) is 26.3 Å². The number of halogens is 9. The van der Waals surface area contributed by atoms with Crippen molar-refractivity contribution in [2.24, 2.45) is 0 Å². The third-order valence-electron chi connectivity index (χ3n) is 6.31. The van der Waals surface area contributed by atoms with Crippen LogP contribution in [0.5, 0.6) is 0 Å². The normalized spacial score (nSPS) is 12.1. The molecule has 4 nitrogen and oxygen atoms in total. The van der Waals surface area contributed by atoms with Crippen LogP contribution in [0.2, 0.25) is 0 Å². The van der Waals surface area contributed by atoms with Gasteiger partial charge in [0.25, 0.3) is 0 Å². The van der Waals surface area contributed by atoms with Gasteiger partial charge >= 0.3 is 29.6 Å². The minimum atomic E-state index is -1.46. The summed E-state index contributed by atoms with van der Waals surface area (Å²) in [6.45, 7) is 3.47. The van der Waals surface area contributed by atoms with Gasteiger partial charge in [-0.25, -0.2) is 36.3 Å². The minimum Gasteiger partial charge on any atom is -1.00 e. The Labute approximate surface area is 297 Å². The summed E-state index contributed by atoms with van der Waals surface area (Å²) in [5, 5.41) is 2.02. The number of nitrogens with one attached hydrogen (secondary N) is 1. The Morgan fingerprint density at radius 2 is 1.25 bits per heavy atom. The number of hydrogen-bond acceptors (Lipinski definition) is 2. The van der Waals surface area contributed by atoms with E-state index in [0.717, 1.165) is 49.6 Å². The third kappa shape index (κ3) is 8.35. The molecule has 4 aromatic heterocycles. The molecule has 2 aromatic carbocycles. The van der Waals surface area contributed by atoms with Crippen molar-refractivity contribution < 1.29 is 57.3 Å². The van der Waals surface area contributed by atoms with E-state index < -0.39 is 40.9 Å². The zero-order valence-electron chi connectivity index (χ0n) is 24.3. The van der Waals surface area contributed by atoms with Gasteiger partial charge in [-0.1, -0.05) is 15.9 Å². The van der Waals surface area contributed by atoms with Crippen molar-refractivity contribution in [1.29, 1.82) is 0 Å². The Bertz CT molecular complexity index is 1860. The number of alkyl halides is 1. The first kappa shape index (κ1) is 36.3. The molecule has 14 heteroatoms. The van der Waals surface area contributed by atoms with Gasteiger partial charge in [-0.05, 0) is 105 Å². The molecule has 4 heterocycles. The molecule has 0 saturated heterocycles. The molecule has 226 valence electrons. The molecule has 0 aliphatic carbocycles. The molecule has 0 aliphatic rings. The standard InChI is InChI=1S/C15H10BrF3N2.C8H6BrF3.C7H5BrN2.Na.H/c1-8(9-5-12(17)14(19)13(18)6-9)21-7-11(16)10-3-2-4-20-15(10)21;1-4(9)5-2-6(10)8(12)7(11)3-5;8-6-4-10-7-5(6)2-1-3-9-7;;/h2-8H,1H3;2-4H,1H3;1-4H,(H,9,10);;/q;;;+1;-1. The molecule has 0 spiro atoms. The maximum Gasteiger partial charge on any atom is 1.00 e. The first-order chi connectivity index (χ1) is 20.4. The molecule has 1 N–H and O–H groups in total. The van der Waals surface area contributed by atoms with E-state index in [1.165, 1.54) is 0 Å². The predicted octanol–water partition coefficient (Wildman–Crippen LogP) is 7.83. The van der Waals surface area contributed by atoms with E-state index in [4.69, 9.17) is 0 Å². The Balaban J connectivity index is 0.000000251. The monoisotopic (exact) mass is 812 g/mol. The van der Waals surface area contributed by atoms with Crippen molar-refractivity contribution in [3.05, 3.63) is 128 Å². The van der Waals surface area contributed by atoms with Gasteiger partial charge in [0.15, 0.2) is 34.9 Å². The molecule has 0 saturated carbocycles. The fourth-order valence-electron chi connectivity index (χ4n) is 4.04. The van der Waals surface area contributed by atoms with Crippen molar-refractivity contribution in [2.45, 2.75) is 24.7 Å². The Morgan fingerprint density at radius 1 is 0.750 bits per heavy atom. The van der Waals surface area contributed by atoms with E-state index in [1.54, 1.807) is 43.1 Å². The van der Waals surface area contributed by atoms with Gasteiger partial charge in [-0.2, -0.15) is 0 Å². The molecule has 0 bridgehead atoms. The molecular formula is C30H22Br3F6N4Na. The second-order valence-electron chi connectivity index (χ2n) is 9.18. The van der Waals surface area contributed by atoms with Crippen molar-refractivity contribution in [3.63, 3.8) is 0 Å². The van der Waals surface area contributed by atoms with Crippen LogP contribution >= 0.6 is 47.8 Å². The number of nitrogens with zero attached hydrogens (tertiary/aromatic N) is 3. The number of pyridine rings is 2. The topological polar surface area (TPSA) is 46.5 Å². The summed E-state index contributed by atoms with van der Waals surface area (Å²) in [5.41, 5.74) is 2.32. The summed E-state index contributed by atoms with van der Waals surface area (Å²) < 4.78 is 81.0. The SMILES string of the molecule is Brc1c[nH]c2ncccc12.CC(Br)c1cc(F)c(F)c(F)c1.CC(c1cc(F)c(F)c(F)c1)n1cc(Br)c2cccnc21.[H-].[Na+]. The molecule has 0 fully saturated rings. The fraction of sp³-hybridized carbons (Fsp3) is 0.133. The first-order valence-corrected chi connectivity index (χ1v) is 15.0. The van der Waals surface area contributed by atoms with Gasteiger partial charge in [-0.3, -0.25) is 0 Å². The molecule has 0 amide bonds. The largest absolute Gasteiger partial charge is 1.00 e. The smallest absolute Gasteiger partial charge is 1.00 e. The second-order valence-corrected chi connectivity index (χ2v) is 12.3. The molecule has 0 radical (unpaired) electrons. The zero-order chi connectivity index (χ0) is 31.4.